The zero-order valence-corrected chi connectivity index (χ0v) is 18.1. The fraction of sp³-hybridized carbons (Fsp3) is 0.739. The maximum absolute atomic E-state index is 6.00. The molecule has 2 nitrogen and oxygen atoms in total. The van der Waals surface area contributed by atoms with Crippen LogP contribution >= 0.6 is 11.6 Å². The van der Waals surface area contributed by atoms with Crippen LogP contribution in [0.3, 0.4) is 0 Å². The predicted octanol–water partition coefficient (Wildman–Crippen LogP) is 6.64. The molecule has 3 unspecified atom stereocenters. The molecule has 1 aliphatic rings. The summed E-state index contributed by atoms with van der Waals surface area (Å²) in [6.45, 7) is 13.4. The minimum absolute atomic E-state index is 0.0447. The highest BCUT2D eigenvalue weighted by Crippen LogP contribution is 2.37. The summed E-state index contributed by atoms with van der Waals surface area (Å²) in [6.07, 6.45) is 6.34. The third-order valence-corrected chi connectivity index (χ3v) is 6.10. The molecular formula is C23H38ClNO. The lowest BCUT2D eigenvalue weighted by atomic mass is 9.75. The van der Waals surface area contributed by atoms with E-state index >= 15 is 0 Å². The van der Waals surface area contributed by atoms with Gasteiger partial charge in [0, 0.05) is 17.7 Å². The molecule has 1 saturated heterocycles. The summed E-state index contributed by atoms with van der Waals surface area (Å²) in [4.78, 5) is 0. The molecule has 0 spiro atoms. The van der Waals surface area contributed by atoms with Crippen molar-refractivity contribution < 1.29 is 4.74 Å². The molecule has 1 heterocycles. The van der Waals surface area contributed by atoms with Crippen LogP contribution in [0.5, 0.6) is 0 Å². The van der Waals surface area contributed by atoms with E-state index in [-0.39, 0.29) is 5.60 Å². The van der Waals surface area contributed by atoms with Gasteiger partial charge in [-0.15, -0.1) is 0 Å². The normalized spacial score (nSPS) is 22.3. The van der Waals surface area contributed by atoms with Gasteiger partial charge in [0.15, 0.2) is 0 Å². The Morgan fingerprint density at radius 1 is 1.12 bits per heavy atom. The van der Waals surface area contributed by atoms with E-state index in [1.807, 2.05) is 12.1 Å². The second-order valence-electron chi connectivity index (χ2n) is 9.11. The van der Waals surface area contributed by atoms with Crippen LogP contribution in [0, 0.1) is 17.8 Å². The van der Waals surface area contributed by atoms with Gasteiger partial charge in [-0.25, -0.2) is 0 Å². The van der Waals surface area contributed by atoms with Crippen molar-refractivity contribution in [2.45, 2.75) is 78.4 Å². The van der Waals surface area contributed by atoms with E-state index in [0.717, 1.165) is 35.9 Å². The summed E-state index contributed by atoms with van der Waals surface area (Å²) >= 11 is 6.00. The van der Waals surface area contributed by atoms with Gasteiger partial charge in [0.2, 0.25) is 0 Å². The maximum atomic E-state index is 6.00. The fourth-order valence-corrected chi connectivity index (χ4v) is 4.33. The summed E-state index contributed by atoms with van der Waals surface area (Å²) in [7, 11) is 0. The molecule has 3 atom stereocenters. The number of nitrogens with one attached hydrogen (secondary N) is 1. The molecule has 0 aliphatic carbocycles. The predicted molar refractivity (Wildman–Crippen MR) is 113 cm³/mol. The molecule has 1 N–H and O–H groups in total. The van der Waals surface area contributed by atoms with Gasteiger partial charge in [0.25, 0.3) is 0 Å². The van der Waals surface area contributed by atoms with Crippen LogP contribution in [0.2, 0.25) is 5.02 Å². The molecule has 148 valence electrons. The Hall–Kier alpha value is -0.570. The van der Waals surface area contributed by atoms with E-state index in [2.05, 4.69) is 52.1 Å². The van der Waals surface area contributed by atoms with Crippen molar-refractivity contribution >= 4 is 11.6 Å². The van der Waals surface area contributed by atoms with Gasteiger partial charge in [-0.05, 0) is 88.4 Å². The Morgan fingerprint density at radius 2 is 1.81 bits per heavy atom. The summed E-state index contributed by atoms with van der Waals surface area (Å²) in [5.41, 5.74) is 1.35. The Labute approximate surface area is 166 Å². The van der Waals surface area contributed by atoms with E-state index in [1.165, 1.54) is 37.7 Å². The molecule has 1 aromatic carbocycles. The summed E-state index contributed by atoms with van der Waals surface area (Å²) < 4.78 is 5.96. The Bertz CT molecular complexity index is 526. The molecule has 1 aromatic rings. The van der Waals surface area contributed by atoms with Crippen molar-refractivity contribution in [1.29, 1.82) is 0 Å². The summed E-state index contributed by atoms with van der Waals surface area (Å²) in [5.74, 6) is 2.38. The number of rotatable bonds is 9. The Morgan fingerprint density at radius 3 is 2.42 bits per heavy atom. The molecule has 3 heteroatoms. The molecule has 0 aromatic heterocycles. The minimum Gasteiger partial charge on any atom is -0.376 e. The first-order chi connectivity index (χ1) is 12.3. The van der Waals surface area contributed by atoms with E-state index in [9.17, 15) is 0 Å². The number of ether oxygens (including phenoxy) is 1. The SMILES string of the molecule is CC(C)CCC(CCNC(C)c1ccc(Cl)cc1)C1CCOC(C)(C)C1. The molecule has 26 heavy (non-hydrogen) atoms. The van der Waals surface area contributed by atoms with E-state index in [4.69, 9.17) is 16.3 Å². The number of hydrogen-bond acceptors (Lipinski definition) is 2. The molecule has 1 aliphatic heterocycles. The lowest BCUT2D eigenvalue weighted by Crippen LogP contribution is -2.37. The summed E-state index contributed by atoms with van der Waals surface area (Å²) in [6, 6.07) is 8.56. The maximum Gasteiger partial charge on any atom is 0.0629 e. The quantitative estimate of drug-likeness (QED) is 0.519. The third kappa shape index (κ3) is 7.21. The standard InChI is InChI=1S/C23H38ClNO/c1-17(2)6-7-20(21-13-15-26-23(4,5)16-21)12-14-25-18(3)19-8-10-22(24)11-9-19/h8-11,17-18,20-21,25H,6-7,12-16H2,1-5H3. The average molecular weight is 380 g/mol. The minimum atomic E-state index is 0.0447. The van der Waals surface area contributed by atoms with Gasteiger partial charge in [0.05, 0.1) is 5.60 Å². The van der Waals surface area contributed by atoms with Crippen LogP contribution in [-0.4, -0.2) is 18.8 Å². The number of hydrogen-bond donors (Lipinski definition) is 1. The van der Waals surface area contributed by atoms with Crippen molar-refractivity contribution in [2.75, 3.05) is 13.2 Å². The molecule has 0 radical (unpaired) electrons. The van der Waals surface area contributed by atoms with Crippen molar-refractivity contribution in [2.24, 2.45) is 17.8 Å². The Kier molecular flexibility index (Phi) is 8.44. The van der Waals surface area contributed by atoms with Gasteiger partial charge >= 0.3 is 0 Å². The number of halogens is 1. The zero-order valence-electron chi connectivity index (χ0n) is 17.4. The third-order valence-electron chi connectivity index (χ3n) is 5.85. The van der Waals surface area contributed by atoms with E-state index in [1.54, 1.807) is 0 Å². The largest absolute Gasteiger partial charge is 0.376 e. The van der Waals surface area contributed by atoms with Crippen LogP contribution < -0.4 is 5.32 Å². The van der Waals surface area contributed by atoms with Gasteiger partial charge in [-0.3, -0.25) is 0 Å². The number of benzene rings is 1. The highest BCUT2D eigenvalue weighted by atomic mass is 35.5. The topological polar surface area (TPSA) is 21.3 Å². The van der Waals surface area contributed by atoms with Crippen LogP contribution in [0.15, 0.2) is 24.3 Å². The van der Waals surface area contributed by atoms with Gasteiger partial charge in [0.1, 0.15) is 0 Å². The van der Waals surface area contributed by atoms with Crippen molar-refractivity contribution in [3.05, 3.63) is 34.9 Å². The van der Waals surface area contributed by atoms with Crippen molar-refractivity contribution in [1.82, 2.24) is 5.32 Å². The average Bonchev–Trinajstić information content (AvgIpc) is 2.57. The van der Waals surface area contributed by atoms with Crippen LogP contribution in [0.25, 0.3) is 0 Å². The van der Waals surface area contributed by atoms with E-state index < -0.39 is 0 Å². The Balaban J connectivity index is 1.88. The summed E-state index contributed by atoms with van der Waals surface area (Å²) in [5, 5.41) is 4.52. The first-order valence-electron chi connectivity index (χ1n) is 10.4. The van der Waals surface area contributed by atoms with E-state index in [0.29, 0.717) is 6.04 Å². The van der Waals surface area contributed by atoms with Gasteiger partial charge in [-0.2, -0.15) is 0 Å². The molecule has 0 amide bonds. The first-order valence-corrected chi connectivity index (χ1v) is 10.8. The lowest BCUT2D eigenvalue weighted by molar-refractivity contribution is -0.0840. The second-order valence-corrected chi connectivity index (χ2v) is 9.54. The van der Waals surface area contributed by atoms with Crippen molar-refractivity contribution in [3.63, 3.8) is 0 Å². The highest BCUT2D eigenvalue weighted by molar-refractivity contribution is 6.30. The molecule has 1 fully saturated rings. The monoisotopic (exact) mass is 379 g/mol. The lowest BCUT2D eigenvalue weighted by Gasteiger charge is -2.39. The van der Waals surface area contributed by atoms with Crippen LogP contribution in [-0.2, 0) is 4.74 Å². The smallest absolute Gasteiger partial charge is 0.0629 e. The molecular weight excluding hydrogens is 342 g/mol. The molecule has 2 rings (SSSR count). The van der Waals surface area contributed by atoms with Crippen LogP contribution in [0.1, 0.15) is 78.3 Å². The van der Waals surface area contributed by atoms with Crippen molar-refractivity contribution in [3.8, 4) is 0 Å². The zero-order chi connectivity index (χ0) is 19.2. The second kappa shape index (κ2) is 10.1. The van der Waals surface area contributed by atoms with Gasteiger partial charge in [-0.1, -0.05) is 44.0 Å². The highest BCUT2D eigenvalue weighted by Gasteiger charge is 2.33. The molecule has 0 saturated carbocycles. The molecule has 0 bridgehead atoms. The van der Waals surface area contributed by atoms with Gasteiger partial charge < -0.3 is 10.1 Å². The first kappa shape index (κ1) is 21.7. The van der Waals surface area contributed by atoms with Crippen LogP contribution in [0.4, 0.5) is 0 Å². The fourth-order valence-electron chi connectivity index (χ4n) is 4.20.